The van der Waals surface area contributed by atoms with E-state index in [1.807, 2.05) is 0 Å². The highest BCUT2D eigenvalue weighted by atomic mass is 19.4. The summed E-state index contributed by atoms with van der Waals surface area (Å²) in [4.78, 5) is 28.2. The van der Waals surface area contributed by atoms with Gasteiger partial charge in [0, 0.05) is 37.7 Å². The lowest BCUT2D eigenvalue weighted by Crippen LogP contribution is -2.52. The molecule has 3 rings (SSSR count). The summed E-state index contributed by atoms with van der Waals surface area (Å²) in [5, 5.41) is 0. The molecule has 1 fully saturated rings. The number of ether oxygens (including phenoxy) is 1. The number of carbonyl (C=O) groups excluding carboxylic acids is 2. The summed E-state index contributed by atoms with van der Waals surface area (Å²) in [7, 11) is 1.19. The Hall–Kier alpha value is -3.38. The summed E-state index contributed by atoms with van der Waals surface area (Å²) in [6.45, 7) is 4.80. The third kappa shape index (κ3) is 7.18. The van der Waals surface area contributed by atoms with Crippen LogP contribution in [-0.2, 0) is 17.1 Å². The predicted octanol–water partition coefficient (Wildman–Crippen LogP) is 6.87. The highest BCUT2D eigenvalue weighted by Crippen LogP contribution is 2.38. The fourth-order valence-corrected chi connectivity index (χ4v) is 4.40. The van der Waals surface area contributed by atoms with Crippen LogP contribution >= 0.6 is 0 Å². The Bertz CT molecular complexity index is 1200. The third-order valence-corrected chi connectivity index (χ3v) is 6.25. The van der Waals surface area contributed by atoms with Gasteiger partial charge in [0.2, 0.25) is 0 Å². The average Bonchev–Trinajstić information content (AvgIpc) is 2.82. The van der Waals surface area contributed by atoms with Gasteiger partial charge in [-0.3, -0.25) is 4.79 Å². The molecule has 2 aromatic rings. The molecule has 13 heteroatoms. The second-order valence-electron chi connectivity index (χ2n) is 10.3. The minimum Gasteiger partial charge on any atom is -0.444 e. The lowest BCUT2D eigenvalue weighted by molar-refractivity contribution is -0.143. The predicted molar refractivity (Wildman–Crippen MR) is 124 cm³/mol. The largest absolute Gasteiger partial charge is 0.444 e. The zero-order chi connectivity index (χ0) is 29.5. The van der Waals surface area contributed by atoms with Crippen LogP contribution in [0.5, 0.6) is 0 Å². The van der Waals surface area contributed by atoms with Gasteiger partial charge in [-0.1, -0.05) is 6.07 Å². The van der Waals surface area contributed by atoms with E-state index in [0.29, 0.717) is 12.1 Å². The van der Waals surface area contributed by atoms with Crippen molar-refractivity contribution >= 4 is 12.0 Å². The molecular formula is C26H26F8N2O3. The molecule has 1 saturated heterocycles. The Morgan fingerprint density at radius 3 is 1.95 bits per heavy atom. The summed E-state index contributed by atoms with van der Waals surface area (Å²) < 4.78 is 113. The van der Waals surface area contributed by atoms with Crippen molar-refractivity contribution in [2.45, 2.75) is 57.1 Å². The molecule has 1 aliphatic rings. The molecular weight excluding hydrogens is 540 g/mol. The van der Waals surface area contributed by atoms with Gasteiger partial charge in [-0.05, 0) is 63.1 Å². The monoisotopic (exact) mass is 566 g/mol. The van der Waals surface area contributed by atoms with Gasteiger partial charge in [-0.15, -0.1) is 0 Å². The lowest BCUT2D eigenvalue weighted by atomic mass is 9.84. The van der Waals surface area contributed by atoms with E-state index < -0.39 is 70.2 Å². The molecule has 5 nitrogen and oxygen atoms in total. The molecule has 0 unspecified atom stereocenters. The van der Waals surface area contributed by atoms with Gasteiger partial charge >= 0.3 is 18.4 Å². The van der Waals surface area contributed by atoms with Crippen molar-refractivity contribution in [3.63, 3.8) is 0 Å². The van der Waals surface area contributed by atoms with Gasteiger partial charge in [0.05, 0.1) is 11.1 Å². The Balaban J connectivity index is 2.00. The standard InChI is InChI=1S/C26H26F8N2O3/c1-24(2,3)39-23(38)36-8-7-21(18(13-36)14-5-6-19(27)20(28)11-14)35(4)22(37)15-9-16(25(29,30)31)12-17(10-15)26(32,33)34/h5-6,9-12,18,21H,7-8,13H2,1-4H3/t18-,21+/m0/s1. The summed E-state index contributed by atoms with van der Waals surface area (Å²) >= 11 is 0. The molecule has 0 aromatic heterocycles. The van der Waals surface area contributed by atoms with Gasteiger partial charge < -0.3 is 14.5 Å². The molecule has 0 radical (unpaired) electrons. The second-order valence-corrected chi connectivity index (χ2v) is 10.3. The van der Waals surface area contributed by atoms with E-state index in [-0.39, 0.29) is 31.1 Å². The van der Waals surface area contributed by atoms with Crippen molar-refractivity contribution < 1.29 is 49.4 Å². The van der Waals surface area contributed by atoms with E-state index in [2.05, 4.69) is 0 Å². The van der Waals surface area contributed by atoms with E-state index in [1.54, 1.807) is 20.8 Å². The molecule has 2 atom stereocenters. The molecule has 0 aliphatic carbocycles. The van der Waals surface area contributed by atoms with Crippen LogP contribution < -0.4 is 0 Å². The first-order valence-corrected chi connectivity index (χ1v) is 11.8. The topological polar surface area (TPSA) is 49.9 Å². The number of benzene rings is 2. The van der Waals surface area contributed by atoms with Crippen LogP contribution in [0.4, 0.5) is 39.9 Å². The number of rotatable bonds is 3. The smallest absolute Gasteiger partial charge is 0.416 e. The average molecular weight is 566 g/mol. The number of nitrogens with zero attached hydrogens (tertiary/aromatic N) is 2. The molecule has 1 aliphatic heterocycles. The molecule has 214 valence electrons. The fourth-order valence-electron chi connectivity index (χ4n) is 4.40. The number of halogens is 8. The normalized spacial score (nSPS) is 18.6. The minimum atomic E-state index is -5.15. The van der Waals surface area contributed by atoms with E-state index in [0.717, 1.165) is 17.0 Å². The van der Waals surface area contributed by atoms with Crippen LogP contribution in [0.2, 0.25) is 0 Å². The molecule has 2 amide bonds. The summed E-state index contributed by atoms with van der Waals surface area (Å²) in [6.07, 6.45) is -11.0. The zero-order valence-corrected chi connectivity index (χ0v) is 21.4. The maximum absolute atomic E-state index is 14.1. The Labute approximate surface area is 219 Å². The number of piperidine rings is 1. The summed E-state index contributed by atoms with van der Waals surface area (Å²) in [5.41, 5.74) is -4.82. The Morgan fingerprint density at radius 2 is 1.46 bits per heavy atom. The zero-order valence-electron chi connectivity index (χ0n) is 21.4. The quantitative estimate of drug-likeness (QED) is 0.381. The highest BCUT2D eigenvalue weighted by Gasteiger charge is 2.41. The molecule has 0 N–H and O–H groups in total. The second kappa shape index (κ2) is 10.6. The van der Waals surface area contributed by atoms with Crippen molar-refractivity contribution in [2.24, 2.45) is 0 Å². The van der Waals surface area contributed by atoms with E-state index >= 15 is 0 Å². The van der Waals surface area contributed by atoms with Gasteiger partial charge in [0.1, 0.15) is 5.60 Å². The minimum absolute atomic E-state index is 0.0216. The molecule has 2 aromatic carbocycles. The van der Waals surface area contributed by atoms with Crippen LogP contribution in [0, 0.1) is 11.6 Å². The van der Waals surface area contributed by atoms with E-state index in [1.165, 1.54) is 18.0 Å². The van der Waals surface area contributed by atoms with Crippen LogP contribution in [0.3, 0.4) is 0 Å². The first-order chi connectivity index (χ1) is 17.8. The van der Waals surface area contributed by atoms with E-state index in [4.69, 9.17) is 4.74 Å². The maximum atomic E-state index is 14.1. The molecule has 39 heavy (non-hydrogen) atoms. The third-order valence-electron chi connectivity index (χ3n) is 6.25. The fraction of sp³-hybridized carbons (Fsp3) is 0.462. The van der Waals surface area contributed by atoms with Crippen LogP contribution in [0.15, 0.2) is 36.4 Å². The van der Waals surface area contributed by atoms with Gasteiger partial charge in [-0.25, -0.2) is 13.6 Å². The number of likely N-dealkylation sites (N-methyl/N-ethyl adjacent to an activating group) is 1. The Kier molecular flexibility index (Phi) is 8.24. The van der Waals surface area contributed by atoms with E-state index in [9.17, 15) is 44.7 Å². The number of alkyl halides is 6. The first kappa shape index (κ1) is 30.2. The van der Waals surface area contributed by atoms with Crippen LogP contribution in [0.25, 0.3) is 0 Å². The van der Waals surface area contributed by atoms with Crippen molar-refractivity contribution in [1.82, 2.24) is 9.80 Å². The first-order valence-electron chi connectivity index (χ1n) is 11.8. The lowest BCUT2D eigenvalue weighted by Gasteiger charge is -2.43. The highest BCUT2D eigenvalue weighted by molar-refractivity contribution is 5.95. The van der Waals surface area contributed by atoms with Crippen molar-refractivity contribution in [3.05, 3.63) is 70.3 Å². The summed E-state index contributed by atoms with van der Waals surface area (Å²) in [6, 6.07) is 2.63. The number of hydrogen-bond donors (Lipinski definition) is 0. The molecule has 1 heterocycles. The number of likely N-dealkylation sites (tertiary alicyclic amines) is 1. The SMILES string of the molecule is CN(C(=O)c1cc(C(F)(F)F)cc(C(F)(F)F)c1)[C@@H]1CCN(C(=O)OC(C)(C)C)C[C@H]1c1ccc(F)c(F)c1. The van der Waals surface area contributed by atoms with Crippen molar-refractivity contribution in [3.8, 4) is 0 Å². The molecule has 0 spiro atoms. The Morgan fingerprint density at radius 1 is 0.897 bits per heavy atom. The van der Waals surface area contributed by atoms with Crippen LogP contribution in [-0.4, -0.2) is 53.6 Å². The van der Waals surface area contributed by atoms with Crippen molar-refractivity contribution in [2.75, 3.05) is 20.1 Å². The van der Waals surface area contributed by atoms with Gasteiger partial charge in [0.25, 0.3) is 5.91 Å². The van der Waals surface area contributed by atoms with Crippen LogP contribution in [0.1, 0.15) is 60.2 Å². The number of amides is 2. The number of carbonyl (C=O) groups is 2. The summed E-state index contributed by atoms with van der Waals surface area (Å²) in [5.74, 6) is -4.37. The maximum Gasteiger partial charge on any atom is 0.416 e. The number of hydrogen-bond acceptors (Lipinski definition) is 3. The van der Waals surface area contributed by atoms with Crippen molar-refractivity contribution in [1.29, 1.82) is 0 Å². The molecule has 0 saturated carbocycles. The van der Waals surface area contributed by atoms with Gasteiger partial charge in [0.15, 0.2) is 11.6 Å². The van der Waals surface area contributed by atoms with Gasteiger partial charge in [-0.2, -0.15) is 26.3 Å². The molecule has 0 bridgehead atoms.